The van der Waals surface area contributed by atoms with Crippen molar-refractivity contribution in [3.8, 4) is 28.4 Å². The SMILES string of the molecule is COc1ccc(-c2cc(C(=O)NCc3ccccn3)n(-c3ccc(Cl)c(Cl)c3)n2)c(OC)c1. The van der Waals surface area contributed by atoms with Crippen LogP contribution in [-0.4, -0.2) is 34.9 Å². The summed E-state index contributed by atoms with van der Waals surface area (Å²) >= 11 is 12.3. The lowest BCUT2D eigenvalue weighted by molar-refractivity contribution is 0.0942. The maximum absolute atomic E-state index is 13.2. The normalized spacial score (nSPS) is 10.7. The van der Waals surface area contributed by atoms with Gasteiger partial charge in [-0.25, -0.2) is 4.68 Å². The Labute approximate surface area is 200 Å². The summed E-state index contributed by atoms with van der Waals surface area (Å²) in [6.07, 6.45) is 1.68. The lowest BCUT2D eigenvalue weighted by Gasteiger charge is -2.09. The molecule has 168 valence electrons. The molecular weight excluding hydrogens is 463 g/mol. The summed E-state index contributed by atoms with van der Waals surface area (Å²) in [7, 11) is 3.15. The van der Waals surface area contributed by atoms with Crippen LogP contribution in [0, 0.1) is 0 Å². The number of benzene rings is 2. The van der Waals surface area contributed by atoms with Crippen molar-refractivity contribution in [2.45, 2.75) is 6.54 Å². The molecule has 4 rings (SSSR count). The molecule has 9 heteroatoms. The predicted octanol–water partition coefficient (Wildman–Crippen LogP) is 5.19. The number of hydrogen-bond donors (Lipinski definition) is 1. The first-order chi connectivity index (χ1) is 16.0. The molecule has 1 amide bonds. The van der Waals surface area contributed by atoms with Gasteiger partial charge in [0, 0.05) is 17.8 Å². The molecule has 0 aliphatic rings. The minimum Gasteiger partial charge on any atom is -0.497 e. The van der Waals surface area contributed by atoms with Gasteiger partial charge in [-0.1, -0.05) is 29.3 Å². The first kappa shape index (κ1) is 22.6. The molecule has 0 bridgehead atoms. The number of nitrogens with one attached hydrogen (secondary N) is 1. The van der Waals surface area contributed by atoms with Crippen molar-refractivity contribution in [3.05, 3.63) is 88.3 Å². The number of carbonyl (C=O) groups excluding carboxylic acids is 1. The van der Waals surface area contributed by atoms with Crippen LogP contribution in [0.2, 0.25) is 10.0 Å². The number of hydrogen-bond acceptors (Lipinski definition) is 5. The quantitative estimate of drug-likeness (QED) is 0.392. The van der Waals surface area contributed by atoms with Gasteiger partial charge in [0.05, 0.1) is 47.9 Å². The Morgan fingerprint density at radius 2 is 1.85 bits per heavy atom. The standard InChI is InChI=1S/C24H20Cl2N4O3/c1-32-17-7-8-18(23(12-17)33-2)21-13-22(24(31)28-14-15-5-3-4-10-27-15)30(29-21)16-6-9-19(25)20(26)11-16/h3-13H,14H2,1-2H3,(H,28,31). The number of aromatic nitrogens is 3. The Kier molecular flexibility index (Phi) is 6.82. The van der Waals surface area contributed by atoms with E-state index >= 15 is 0 Å². The molecule has 0 spiro atoms. The smallest absolute Gasteiger partial charge is 0.270 e. The van der Waals surface area contributed by atoms with Gasteiger partial charge in [0.2, 0.25) is 0 Å². The summed E-state index contributed by atoms with van der Waals surface area (Å²) in [5.41, 5.74) is 2.89. The maximum Gasteiger partial charge on any atom is 0.270 e. The van der Waals surface area contributed by atoms with Crippen LogP contribution in [0.3, 0.4) is 0 Å². The number of rotatable bonds is 7. The summed E-state index contributed by atoms with van der Waals surface area (Å²) in [5.74, 6) is 0.888. The molecule has 0 atom stereocenters. The summed E-state index contributed by atoms with van der Waals surface area (Å²) in [4.78, 5) is 17.4. The highest BCUT2D eigenvalue weighted by Gasteiger charge is 2.20. The number of ether oxygens (including phenoxy) is 2. The highest BCUT2D eigenvalue weighted by Crippen LogP contribution is 2.34. The van der Waals surface area contributed by atoms with Crippen molar-refractivity contribution >= 4 is 29.1 Å². The first-order valence-corrected chi connectivity index (χ1v) is 10.7. The van der Waals surface area contributed by atoms with Crippen LogP contribution in [0.1, 0.15) is 16.2 Å². The second-order valence-corrected chi connectivity index (χ2v) is 7.81. The van der Waals surface area contributed by atoms with E-state index in [1.165, 1.54) is 4.68 Å². The molecule has 2 aromatic carbocycles. The van der Waals surface area contributed by atoms with E-state index in [9.17, 15) is 4.79 Å². The molecule has 0 unspecified atom stereocenters. The first-order valence-electron chi connectivity index (χ1n) is 9.96. The number of halogens is 2. The average molecular weight is 483 g/mol. The Morgan fingerprint density at radius 1 is 1.00 bits per heavy atom. The van der Waals surface area contributed by atoms with E-state index in [2.05, 4.69) is 15.4 Å². The van der Waals surface area contributed by atoms with E-state index in [1.807, 2.05) is 24.3 Å². The van der Waals surface area contributed by atoms with E-state index in [-0.39, 0.29) is 12.5 Å². The zero-order chi connectivity index (χ0) is 23.4. The van der Waals surface area contributed by atoms with Gasteiger partial charge in [-0.05, 0) is 48.5 Å². The second kappa shape index (κ2) is 9.94. The predicted molar refractivity (Wildman–Crippen MR) is 128 cm³/mol. The third-order valence-corrected chi connectivity index (χ3v) is 5.67. The molecule has 0 aliphatic carbocycles. The van der Waals surface area contributed by atoms with Crippen LogP contribution in [0.4, 0.5) is 0 Å². The molecule has 4 aromatic rings. The summed E-state index contributed by atoms with van der Waals surface area (Å²) < 4.78 is 12.3. The van der Waals surface area contributed by atoms with E-state index < -0.39 is 0 Å². The van der Waals surface area contributed by atoms with Gasteiger partial charge < -0.3 is 14.8 Å². The molecule has 0 aliphatic heterocycles. The number of pyridine rings is 1. The Hall–Kier alpha value is -3.55. The van der Waals surface area contributed by atoms with Gasteiger partial charge in [0.25, 0.3) is 5.91 Å². The lowest BCUT2D eigenvalue weighted by atomic mass is 10.1. The van der Waals surface area contributed by atoms with Gasteiger partial charge >= 0.3 is 0 Å². The van der Waals surface area contributed by atoms with Crippen molar-refractivity contribution in [3.63, 3.8) is 0 Å². The Morgan fingerprint density at radius 3 is 2.55 bits per heavy atom. The van der Waals surface area contributed by atoms with Crippen molar-refractivity contribution in [1.29, 1.82) is 0 Å². The fourth-order valence-corrected chi connectivity index (χ4v) is 3.55. The van der Waals surface area contributed by atoms with Crippen LogP contribution in [0.5, 0.6) is 11.5 Å². The van der Waals surface area contributed by atoms with Crippen LogP contribution in [-0.2, 0) is 6.54 Å². The molecule has 0 saturated carbocycles. The second-order valence-electron chi connectivity index (χ2n) is 7.00. The number of amides is 1. The van der Waals surface area contributed by atoms with E-state index in [4.69, 9.17) is 32.7 Å². The van der Waals surface area contributed by atoms with E-state index in [0.717, 1.165) is 5.69 Å². The number of carbonyl (C=O) groups is 1. The highest BCUT2D eigenvalue weighted by molar-refractivity contribution is 6.42. The molecular formula is C24H20Cl2N4O3. The number of nitrogens with zero attached hydrogens (tertiary/aromatic N) is 3. The van der Waals surface area contributed by atoms with Gasteiger partial charge in [0.15, 0.2) is 0 Å². The Balaban J connectivity index is 1.76. The van der Waals surface area contributed by atoms with Crippen molar-refractivity contribution in [2.24, 2.45) is 0 Å². The zero-order valence-electron chi connectivity index (χ0n) is 17.9. The molecule has 2 aromatic heterocycles. The third-order valence-electron chi connectivity index (χ3n) is 4.93. The average Bonchev–Trinajstić information content (AvgIpc) is 3.29. The van der Waals surface area contributed by atoms with Crippen molar-refractivity contribution in [1.82, 2.24) is 20.1 Å². The minimum absolute atomic E-state index is 0.271. The van der Waals surface area contributed by atoms with Crippen LogP contribution in [0.25, 0.3) is 16.9 Å². The molecule has 7 nitrogen and oxygen atoms in total. The topological polar surface area (TPSA) is 78.3 Å². The Bertz CT molecular complexity index is 1290. The fourth-order valence-electron chi connectivity index (χ4n) is 3.26. The molecule has 0 fully saturated rings. The van der Waals surface area contributed by atoms with Gasteiger partial charge in [-0.15, -0.1) is 0 Å². The van der Waals surface area contributed by atoms with E-state index in [0.29, 0.717) is 44.2 Å². The third kappa shape index (κ3) is 4.94. The highest BCUT2D eigenvalue weighted by atomic mass is 35.5. The molecule has 2 heterocycles. The fraction of sp³-hybridized carbons (Fsp3) is 0.125. The largest absolute Gasteiger partial charge is 0.497 e. The summed E-state index contributed by atoms with van der Waals surface area (Å²) in [6, 6.07) is 17.7. The molecule has 0 radical (unpaired) electrons. The van der Waals surface area contributed by atoms with Gasteiger partial charge in [-0.2, -0.15) is 5.10 Å². The van der Waals surface area contributed by atoms with E-state index in [1.54, 1.807) is 56.8 Å². The molecule has 1 N–H and O–H groups in total. The monoisotopic (exact) mass is 482 g/mol. The van der Waals surface area contributed by atoms with Crippen molar-refractivity contribution < 1.29 is 14.3 Å². The lowest BCUT2D eigenvalue weighted by Crippen LogP contribution is -2.25. The van der Waals surface area contributed by atoms with Crippen molar-refractivity contribution in [2.75, 3.05) is 14.2 Å². The van der Waals surface area contributed by atoms with Gasteiger partial charge in [0.1, 0.15) is 17.2 Å². The van der Waals surface area contributed by atoms with Crippen LogP contribution < -0.4 is 14.8 Å². The molecule has 0 saturated heterocycles. The minimum atomic E-state index is -0.321. The zero-order valence-corrected chi connectivity index (χ0v) is 19.4. The number of methoxy groups -OCH3 is 2. The van der Waals surface area contributed by atoms with Gasteiger partial charge in [-0.3, -0.25) is 9.78 Å². The summed E-state index contributed by atoms with van der Waals surface area (Å²) in [6.45, 7) is 0.271. The molecule has 33 heavy (non-hydrogen) atoms. The maximum atomic E-state index is 13.2. The van der Waals surface area contributed by atoms with Crippen LogP contribution in [0.15, 0.2) is 66.9 Å². The van der Waals surface area contributed by atoms with Crippen LogP contribution >= 0.6 is 23.2 Å². The summed E-state index contributed by atoms with van der Waals surface area (Å²) in [5, 5.41) is 8.33.